The minimum absolute atomic E-state index is 0.741. The van der Waals surface area contributed by atoms with E-state index in [1.54, 1.807) is 6.33 Å². The van der Waals surface area contributed by atoms with Gasteiger partial charge in [-0.05, 0) is 24.6 Å². The predicted octanol–water partition coefficient (Wildman–Crippen LogP) is 1.74. The molecule has 0 amide bonds. The fourth-order valence-corrected chi connectivity index (χ4v) is 1.35. The van der Waals surface area contributed by atoms with E-state index in [9.17, 15) is 0 Å². The van der Waals surface area contributed by atoms with E-state index in [-0.39, 0.29) is 0 Å². The smallest absolute Gasteiger partial charge is 0.194 e. The Hall–Kier alpha value is -0.640. The van der Waals surface area contributed by atoms with Gasteiger partial charge in [0.05, 0.1) is 0 Å². The highest BCUT2D eigenvalue weighted by atomic mass is 32.1. The van der Waals surface area contributed by atoms with Crippen LogP contribution in [-0.4, -0.2) is 14.8 Å². The SMILES string of the molecule is S=c1[nH]ncn1CCC1CC1. The third kappa shape index (κ3) is 1.68. The highest BCUT2D eigenvalue weighted by molar-refractivity contribution is 7.71. The van der Waals surface area contributed by atoms with Gasteiger partial charge in [0.15, 0.2) is 4.77 Å². The molecular formula is C7H11N3S. The summed E-state index contributed by atoms with van der Waals surface area (Å²) >= 11 is 5.00. The maximum atomic E-state index is 5.00. The van der Waals surface area contributed by atoms with Crippen LogP contribution in [0.1, 0.15) is 19.3 Å². The van der Waals surface area contributed by atoms with Crippen molar-refractivity contribution in [3.8, 4) is 0 Å². The summed E-state index contributed by atoms with van der Waals surface area (Å²) in [5.41, 5.74) is 0. The third-order valence-corrected chi connectivity index (χ3v) is 2.42. The number of H-pyrrole nitrogens is 1. The molecule has 1 saturated carbocycles. The first-order valence-corrected chi connectivity index (χ1v) is 4.37. The molecule has 3 nitrogen and oxygen atoms in total. The van der Waals surface area contributed by atoms with Crippen LogP contribution in [0.25, 0.3) is 0 Å². The maximum absolute atomic E-state index is 5.00. The Morgan fingerprint density at radius 3 is 3.09 bits per heavy atom. The van der Waals surface area contributed by atoms with Crippen molar-refractivity contribution in [2.75, 3.05) is 0 Å². The van der Waals surface area contributed by atoms with Gasteiger partial charge in [-0.25, -0.2) is 0 Å². The van der Waals surface area contributed by atoms with Crippen LogP contribution < -0.4 is 0 Å². The lowest BCUT2D eigenvalue weighted by atomic mass is 10.3. The summed E-state index contributed by atoms with van der Waals surface area (Å²) in [6, 6.07) is 0. The molecule has 1 aromatic rings. The molecule has 0 atom stereocenters. The first-order valence-electron chi connectivity index (χ1n) is 3.96. The molecule has 0 radical (unpaired) electrons. The van der Waals surface area contributed by atoms with Gasteiger partial charge >= 0.3 is 0 Å². The summed E-state index contributed by atoms with van der Waals surface area (Å²) in [4.78, 5) is 0. The zero-order chi connectivity index (χ0) is 7.68. The van der Waals surface area contributed by atoms with Gasteiger partial charge in [0.1, 0.15) is 6.33 Å². The van der Waals surface area contributed by atoms with Gasteiger partial charge in [0.2, 0.25) is 0 Å². The molecule has 1 aromatic heterocycles. The summed E-state index contributed by atoms with van der Waals surface area (Å²) in [6.45, 7) is 1.03. The molecule has 0 spiro atoms. The highest BCUT2D eigenvalue weighted by Gasteiger charge is 2.20. The molecule has 1 aliphatic carbocycles. The minimum Gasteiger partial charge on any atom is -0.307 e. The second-order valence-electron chi connectivity index (χ2n) is 3.09. The van der Waals surface area contributed by atoms with Crippen molar-refractivity contribution in [1.82, 2.24) is 14.8 Å². The Morgan fingerprint density at radius 2 is 2.55 bits per heavy atom. The van der Waals surface area contributed by atoms with Crippen LogP contribution in [0, 0.1) is 10.7 Å². The fraction of sp³-hybridized carbons (Fsp3) is 0.714. The van der Waals surface area contributed by atoms with E-state index < -0.39 is 0 Å². The molecule has 4 heteroatoms. The molecule has 60 valence electrons. The third-order valence-electron chi connectivity index (χ3n) is 2.09. The van der Waals surface area contributed by atoms with Crippen molar-refractivity contribution in [1.29, 1.82) is 0 Å². The Labute approximate surface area is 70.4 Å². The topological polar surface area (TPSA) is 33.6 Å². The second kappa shape index (κ2) is 2.77. The number of rotatable bonds is 3. The quantitative estimate of drug-likeness (QED) is 0.699. The van der Waals surface area contributed by atoms with E-state index in [1.165, 1.54) is 19.3 Å². The molecule has 1 heterocycles. The van der Waals surface area contributed by atoms with Crippen LogP contribution in [0.2, 0.25) is 0 Å². The Morgan fingerprint density at radius 1 is 1.73 bits per heavy atom. The zero-order valence-electron chi connectivity index (χ0n) is 6.29. The largest absolute Gasteiger partial charge is 0.307 e. The van der Waals surface area contributed by atoms with Crippen molar-refractivity contribution in [3.05, 3.63) is 11.1 Å². The number of aromatic amines is 1. The number of nitrogens with one attached hydrogen (secondary N) is 1. The molecule has 1 fully saturated rings. The van der Waals surface area contributed by atoms with Crippen molar-refractivity contribution >= 4 is 12.2 Å². The lowest BCUT2D eigenvalue weighted by Gasteiger charge is -1.97. The van der Waals surface area contributed by atoms with E-state index in [2.05, 4.69) is 10.2 Å². The molecule has 1 aliphatic rings. The van der Waals surface area contributed by atoms with E-state index in [0.717, 1.165) is 17.2 Å². The Balaban J connectivity index is 1.94. The van der Waals surface area contributed by atoms with Crippen molar-refractivity contribution < 1.29 is 0 Å². The summed E-state index contributed by atoms with van der Waals surface area (Å²) in [5.74, 6) is 0.965. The van der Waals surface area contributed by atoms with Gasteiger partial charge in [-0.3, -0.25) is 5.10 Å². The van der Waals surface area contributed by atoms with E-state index in [4.69, 9.17) is 12.2 Å². The van der Waals surface area contributed by atoms with Crippen LogP contribution in [0.3, 0.4) is 0 Å². The first kappa shape index (κ1) is 7.03. The zero-order valence-corrected chi connectivity index (χ0v) is 7.10. The second-order valence-corrected chi connectivity index (χ2v) is 3.47. The molecule has 0 aliphatic heterocycles. The molecule has 2 rings (SSSR count). The van der Waals surface area contributed by atoms with Gasteiger partial charge < -0.3 is 4.57 Å². The van der Waals surface area contributed by atoms with Crippen LogP contribution in [0.15, 0.2) is 6.33 Å². The van der Waals surface area contributed by atoms with E-state index in [1.807, 2.05) is 4.57 Å². The van der Waals surface area contributed by atoms with Crippen LogP contribution in [0.4, 0.5) is 0 Å². The summed E-state index contributed by atoms with van der Waals surface area (Å²) < 4.78 is 2.74. The molecule has 0 saturated heterocycles. The van der Waals surface area contributed by atoms with Crippen molar-refractivity contribution in [2.45, 2.75) is 25.8 Å². The highest BCUT2D eigenvalue weighted by Crippen LogP contribution is 2.32. The van der Waals surface area contributed by atoms with Gasteiger partial charge in [-0.15, -0.1) is 0 Å². The average Bonchev–Trinajstić information content (AvgIpc) is 2.73. The molecule has 11 heavy (non-hydrogen) atoms. The minimum atomic E-state index is 0.741. The fourth-order valence-electron chi connectivity index (χ4n) is 1.16. The number of hydrogen-bond acceptors (Lipinski definition) is 2. The molecule has 1 N–H and O–H groups in total. The summed E-state index contributed by atoms with van der Waals surface area (Å²) in [6.07, 6.45) is 5.84. The molecule has 0 aromatic carbocycles. The molecule has 0 unspecified atom stereocenters. The first-order chi connectivity index (χ1) is 5.36. The van der Waals surface area contributed by atoms with E-state index >= 15 is 0 Å². The number of aromatic nitrogens is 3. The van der Waals surface area contributed by atoms with Crippen LogP contribution in [0.5, 0.6) is 0 Å². The average molecular weight is 169 g/mol. The van der Waals surface area contributed by atoms with Crippen LogP contribution >= 0.6 is 12.2 Å². The Bertz CT molecular complexity index is 284. The van der Waals surface area contributed by atoms with Crippen molar-refractivity contribution in [3.63, 3.8) is 0 Å². The molecule has 0 bridgehead atoms. The monoisotopic (exact) mass is 169 g/mol. The normalized spacial score (nSPS) is 17.1. The number of hydrogen-bond donors (Lipinski definition) is 1. The van der Waals surface area contributed by atoms with Gasteiger partial charge in [-0.1, -0.05) is 12.8 Å². The Kier molecular flexibility index (Phi) is 1.77. The van der Waals surface area contributed by atoms with Gasteiger partial charge in [0.25, 0.3) is 0 Å². The lowest BCUT2D eigenvalue weighted by Crippen LogP contribution is -1.96. The summed E-state index contributed by atoms with van der Waals surface area (Å²) in [7, 11) is 0. The number of aryl methyl sites for hydroxylation is 1. The number of nitrogens with zero attached hydrogens (tertiary/aromatic N) is 2. The lowest BCUT2D eigenvalue weighted by molar-refractivity contribution is 0.590. The maximum Gasteiger partial charge on any atom is 0.194 e. The van der Waals surface area contributed by atoms with Crippen molar-refractivity contribution in [2.24, 2.45) is 5.92 Å². The van der Waals surface area contributed by atoms with Gasteiger partial charge in [-0.2, -0.15) is 5.10 Å². The molecular weight excluding hydrogens is 158 g/mol. The van der Waals surface area contributed by atoms with Crippen LogP contribution in [-0.2, 0) is 6.54 Å². The van der Waals surface area contributed by atoms with Gasteiger partial charge in [0, 0.05) is 6.54 Å². The predicted molar refractivity (Wildman–Crippen MR) is 44.8 cm³/mol. The standard InChI is InChI=1S/C7H11N3S/c11-7-9-8-5-10(7)4-3-6-1-2-6/h5-6H,1-4H2,(H,9,11). The van der Waals surface area contributed by atoms with E-state index in [0.29, 0.717) is 0 Å². The summed E-state index contributed by atoms with van der Waals surface area (Å²) in [5, 5.41) is 6.59.